The van der Waals surface area contributed by atoms with Gasteiger partial charge in [0.1, 0.15) is 0 Å². The van der Waals surface area contributed by atoms with Crippen molar-refractivity contribution < 1.29 is 0 Å². The van der Waals surface area contributed by atoms with Crippen molar-refractivity contribution in [2.24, 2.45) is 5.92 Å². The lowest BCUT2D eigenvalue weighted by atomic mass is 9.91. The smallest absolute Gasteiger partial charge is 0.0900 e. The Balaban J connectivity index is 0.000000980. The lowest BCUT2D eigenvalue weighted by Gasteiger charge is -2.20. The van der Waals surface area contributed by atoms with E-state index >= 15 is 0 Å². The van der Waals surface area contributed by atoms with Gasteiger partial charge in [0.15, 0.2) is 0 Å². The highest BCUT2D eigenvalue weighted by molar-refractivity contribution is 7.11. The highest BCUT2D eigenvalue weighted by Gasteiger charge is 2.20. The van der Waals surface area contributed by atoms with Crippen LogP contribution in [0.15, 0.2) is 0 Å². The number of thiazole rings is 1. The van der Waals surface area contributed by atoms with E-state index in [1.165, 1.54) is 34.8 Å². The zero-order chi connectivity index (χ0) is 9.26. The van der Waals surface area contributed by atoms with E-state index in [4.69, 9.17) is 0 Å². The molecule has 1 aromatic rings. The summed E-state index contributed by atoms with van der Waals surface area (Å²) in [6.07, 6.45) is 3.75. The van der Waals surface area contributed by atoms with Crippen molar-refractivity contribution in [3.05, 3.63) is 15.6 Å². The molecule has 2 nitrogen and oxygen atoms in total. The standard InChI is InChI=1S/C10H16N2S.ClH/c1-7-12-9-5-8(6-11-2)3-4-10(9)13-7;/h8,11H,3-6H2,1-2H3;1H. The summed E-state index contributed by atoms with van der Waals surface area (Å²) in [5, 5.41) is 4.48. The van der Waals surface area contributed by atoms with Crippen LogP contribution in [0.1, 0.15) is 22.0 Å². The molecule has 0 aromatic carbocycles. The Morgan fingerprint density at radius 2 is 2.36 bits per heavy atom. The normalized spacial score (nSPS) is 20.0. The Bertz CT molecular complexity index is 298. The van der Waals surface area contributed by atoms with E-state index in [0.717, 1.165) is 12.5 Å². The molecule has 0 radical (unpaired) electrons. The predicted molar refractivity (Wildman–Crippen MR) is 63.5 cm³/mol. The molecule has 1 N–H and O–H groups in total. The molecular formula is C10H17ClN2S. The number of aromatic nitrogens is 1. The van der Waals surface area contributed by atoms with Gasteiger partial charge in [0.05, 0.1) is 10.7 Å². The molecule has 0 fully saturated rings. The molecule has 1 aromatic heterocycles. The van der Waals surface area contributed by atoms with Gasteiger partial charge in [0.2, 0.25) is 0 Å². The molecule has 0 saturated heterocycles. The number of halogens is 1. The molecule has 14 heavy (non-hydrogen) atoms. The monoisotopic (exact) mass is 232 g/mol. The van der Waals surface area contributed by atoms with E-state index in [9.17, 15) is 0 Å². The third-order valence-corrected chi connectivity index (χ3v) is 3.71. The number of hydrogen-bond acceptors (Lipinski definition) is 3. The average molecular weight is 233 g/mol. The third-order valence-electron chi connectivity index (χ3n) is 2.64. The predicted octanol–water partition coefficient (Wildman–Crippen LogP) is 2.20. The van der Waals surface area contributed by atoms with Crippen molar-refractivity contribution in [3.8, 4) is 0 Å². The third kappa shape index (κ3) is 2.47. The first kappa shape index (κ1) is 12.0. The van der Waals surface area contributed by atoms with E-state index in [-0.39, 0.29) is 12.4 Å². The minimum atomic E-state index is 0. The molecule has 1 unspecified atom stereocenters. The van der Waals surface area contributed by atoms with Crippen molar-refractivity contribution in [1.82, 2.24) is 10.3 Å². The van der Waals surface area contributed by atoms with Crippen LogP contribution in [0.2, 0.25) is 0 Å². The van der Waals surface area contributed by atoms with Crippen LogP contribution in [0.3, 0.4) is 0 Å². The lowest BCUT2D eigenvalue weighted by Crippen LogP contribution is -2.24. The van der Waals surface area contributed by atoms with E-state index in [1.807, 2.05) is 18.4 Å². The summed E-state index contributed by atoms with van der Waals surface area (Å²) < 4.78 is 0. The minimum absolute atomic E-state index is 0. The number of nitrogens with zero attached hydrogens (tertiary/aromatic N) is 1. The maximum atomic E-state index is 4.57. The fraction of sp³-hybridized carbons (Fsp3) is 0.700. The highest BCUT2D eigenvalue weighted by atomic mass is 35.5. The minimum Gasteiger partial charge on any atom is -0.319 e. The van der Waals surface area contributed by atoms with Crippen LogP contribution < -0.4 is 5.32 Å². The van der Waals surface area contributed by atoms with Crippen LogP contribution in [0, 0.1) is 12.8 Å². The molecule has 0 amide bonds. The summed E-state index contributed by atoms with van der Waals surface area (Å²) in [6, 6.07) is 0. The van der Waals surface area contributed by atoms with Crippen molar-refractivity contribution in [2.75, 3.05) is 13.6 Å². The summed E-state index contributed by atoms with van der Waals surface area (Å²) in [5.41, 5.74) is 1.37. The summed E-state index contributed by atoms with van der Waals surface area (Å²) in [4.78, 5) is 6.11. The maximum absolute atomic E-state index is 4.57. The van der Waals surface area contributed by atoms with Gasteiger partial charge in [-0.25, -0.2) is 4.98 Å². The lowest BCUT2D eigenvalue weighted by molar-refractivity contribution is 0.438. The summed E-state index contributed by atoms with van der Waals surface area (Å²) in [6.45, 7) is 3.24. The van der Waals surface area contributed by atoms with Crippen LogP contribution >= 0.6 is 23.7 Å². The molecule has 80 valence electrons. The van der Waals surface area contributed by atoms with Gasteiger partial charge in [-0.2, -0.15) is 0 Å². The number of rotatable bonds is 2. The van der Waals surface area contributed by atoms with E-state index in [0.29, 0.717) is 0 Å². The summed E-state index contributed by atoms with van der Waals surface area (Å²) in [5.74, 6) is 0.805. The zero-order valence-electron chi connectivity index (χ0n) is 8.67. The SMILES string of the molecule is CNCC1CCc2sc(C)nc2C1.Cl. The van der Waals surface area contributed by atoms with Crippen LogP contribution in [-0.4, -0.2) is 18.6 Å². The first-order chi connectivity index (χ1) is 6.29. The van der Waals surface area contributed by atoms with Gasteiger partial charge >= 0.3 is 0 Å². The number of hydrogen-bond donors (Lipinski definition) is 1. The van der Waals surface area contributed by atoms with Gasteiger partial charge in [-0.15, -0.1) is 23.7 Å². The van der Waals surface area contributed by atoms with Gasteiger partial charge in [0, 0.05) is 4.88 Å². The second-order valence-electron chi connectivity index (χ2n) is 3.77. The number of nitrogens with one attached hydrogen (secondary N) is 1. The van der Waals surface area contributed by atoms with Gasteiger partial charge < -0.3 is 5.32 Å². The molecule has 0 bridgehead atoms. The molecule has 0 saturated carbocycles. The molecule has 0 spiro atoms. The average Bonchev–Trinajstić information content (AvgIpc) is 2.44. The molecule has 4 heteroatoms. The second kappa shape index (κ2) is 5.10. The Morgan fingerprint density at radius 3 is 3.07 bits per heavy atom. The van der Waals surface area contributed by atoms with Crippen LogP contribution in [0.25, 0.3) is 0 Å². The summed E-state index contributed by atoms with van der Waals surface area (Å²) >= 11 is 1.88. The van der Waals surface area contributed by atoms with E-state index in [1.54, 1.807) is 0 Å². The maximum Gasteiger partial charge on any atom is 0.0900 e. The summed E-state index contributed by atoms with van der Waals surface area (Å²) in [7, 11) is 2.03. The van der Waals surface area contributed by atoms with E-state index in [2.05, 4.69) is 17.2 Å². The fourth-order valence-corrected chi connectivity index (χ4v) is 3.02. The fourth-order valence-electron chi connectivity index (χ4n) is 2.04. The molecule has 2 rings (SSSR count). The second-order valence-corrected chi connectivity index (χ2v) is 5.06. The topological polar surface area (TPSA) is 24.9 Å². The molecule has 1 atom stereocenters. The molecule has 1 heterocycles. The van der Waals surface area contributed by atoms with Crippen molar-refractivity contribution in [3.63, 3.8) is 0 Å². The first-order valence-corrected chi connectivity index (χ1v) is 5.71. The van der Waals surface area contributed by atoms with Crippen molar-refractivity contribution in [1.29, 1.82) is 0 Å². The van der Waals surface area contributed by atoms with Gasteiger partial charge in [0.25, 0.3) is 0 Å². The number of aryl methyl sites for hydroxylation is 2. The van der Waals surface area contributed by atoms with Gasteiger partial charge in [-0.05, 0) is 45.7 Å². The van der Waals surface area contributed by atoms with Gasteiger partial charge in [-0.3, -0.25) is 0 Å². The highest BCUT2D eigenvalue weighted by Crippen LogP contribution is 2.28. The van der Waals surface area contributed by atoms with Crippen molar-refractivity contribution >= 4 is 23.7 Å². The molecule has 1 aliphatic carbocycles. The van der Waals surface area contributed by atoms with Crippen LogP contribution in [0.5, 0.6) is 0 Å². The zero-order valence-corrected chi connectivity index (χ0v) is 10.3. The molecule has 0 aliphatic heterocycles. The Morgan fingerprint density at radius 1 is 1.57 bits per heavy atom. The van der Waals surface area contributed by atoms with E-state index < -0.39 is 0 Å². The number of fused-ring (bicyclic) bond motifs is 1. The largest absolute Gasteiger partial charge is 0.319 e. The first-order valence-electron chi connectivity index (χ1n) is 4.89. The molecular weight excluding hydrogens is 216 g/mol. The van der Waals surface area contributed by atoms with Crippen LogP contribution in [-0.2, 0) is 12.8 Å². The Kier molecular flexibility index (Phi) is 4.35. The Hall–Kier alpha value is -0.120. The quantitative estimate of drug-likeness (QED) is 0.846. The van der Waals surface area contributed by atoms with Crippen LogP contribution in [0.4, 0.5) is 0 Å². The van der Waals surface area contributed by atoms with Gasteiger partial charge in [-0.1, -0.05) is 0 Å². The van der Waals surface area contributed by atoms with Crippen molar-refractivity contribution in [2.45, 2.75) is 26.2 Å². The molecule has 1 aliphatic rings. The Labute approximate surface area is 95.5 Å².